The SMILES string of the molecule is CN=C(NCc1scnc1C)N1CCN(c2ccccc2F)CC1.I. The highest BCUT2D eigenvalue weighted by Gasteiger charge is 2.21. The van der Waals surface area contributed by atoms with Gasteiger partial charge in [-0.05, 0) is 19.1 Å². The molecular formula is C17H23FIN5S. The fourth-order valence-electron chi connectivity index (χ4n) is 2.85. The fourth-order valence-corrected chi connectivity index (χ4v) is 3.57. The molecule has 3 rings (SSSR count). The number of nitrogens with zero attached hydrogens (tertiary/aromatic N) is 4. The summed E-state index contributed by atoms with van der Waals surface area (Å²) in [5, 5.41) is 3.40. The molecule has 5 nitrogen and oxygen atoms in total. The molecule has 2 aromatic rings. The van der Waals surface area contributed by atoms with Crippen LogP contribution in [-0.4, -0.2) is 49.1 Å². The van der Waals surface area contributed by atoms with Crippen molar-refractivity contribution in [3.8, 4) is 0 Å². The van der Waals surface area contributed by atoms with E-state index in [0.717, 1.165) is 44.4 Å². The maximum Gasteiger partial charge on any atom is 0.194 e. The van der Waals surface area contributed by atoms with E-state index in [9.17, 15) is 4.39 Å². The van der Waals surface area contributed by atoms with Gasteiger partial charge in [-0.2, -0.15) is 0 Å². The molecule has 0 spiro atoms. The van der Waals surface area contributed by atoms with Gasteiger partial charge in [0.1, 0.15) is 5.82 Å². The van der Waals surface area contributed by atoms with E-state index in [-0.39, 0.29) is 29.8 Å². The van der Waals surface area contributed by atoms with Crippen LogP contribution in [0.15, 0.2) is 34.8 Å². The third kappa shape index (κ3) is 4.81. The fraction of sp³-hybridized carbons (Fsp3) is 0.412. The van der Waals surface area contributed by atoms with Gasteiger partial charge in [0.25, 0.3) is 0 Å². The summed E-state index contributed by atoms with van der Waals surface area (Å²) < 4.78 is 13.9. The highest BCUT2D eigenvalue weighted by atomic mass is 127. The van der Waals surface area contributed by atoms with E-state index in [1.165, 1.54) is 10.9 Å². The average Bonchev–Trinajstić information content (AvgIpc) is 3.02. The Morgan fingerprint density at radius 3 is 2.60 bits per heavy atom. The Hall–Kier alpha value is -1.42. The number of benzene rings is 1. The second kappa shape index (κ2) is 9.33. The van der Waals surface area contributed by atoms with Crippen LogP contribution in [-0.2, 0) is 6.54 Å². The van der Waals surface area contributed by atoms with Crippen molar-refractivity contribution in [3.63, 3.8) is 0 Å². The second-order valence-corrected chi connectivity index (χ2v) is 6.63. The van der Waals surface area contributed by atoms with Crippen LogP contribution >= 0.6 is 35.3 Å². The van der Waals surface area contributed by atoms with Crippen LogP contribution < -0.4 is 10.2 Å². The molecule has 8 heteroatoms. The zero-order valence-corrected chi connectivity index (χ0v) is 17.6. The quantitative estimate of drug-likeness (QED) is 0.421. The Labute approximate surface area is 169 Å². The van der Waals surface area contributed by atoms with Gasteiger partial charge in [-0.15, -0.1) is 35.3 Å². The number of aromatic nitrogens is 1. The summed E-state index contributed by atoms with van der Waals surface area (Å²) in [5.74, 6) is 0.727. The summed E-state index contributed by atoms with van der Waals surface area (Å²) >= 11 is 1.65. The number of anilines is 1. The molecule has 0 unspecified atom stereocenters. The minimum Gasteiger partial charge on any atom is -0.366 e. The minimum absolute atomic E-state index is 0. The molecular weight excluding hydrogens is 452 g/mol. The number of rotatable bonds is 3. The molecule has 0 atom stereocenters. The maximum atomic E-state index is 13.9. The Bertz CT molecular complexity index is 713. The Kier molecular flexibility index (Phi) is 7.42. The molecule has 1 aromatic carbocycles. The monoisotopic (exact) mass is 475 g/mol. The number of piperazine rings is 1. The summed E-state index contributed by atoms with van der Waals surface area (Å²) in [5.41, 5.74) is 3.61. The van der Waals surface area contributed by atoms with Crippen LogP contribution in [0.2, 0.25) is 0 Å². The van der Waals surface area contributed by atoms with Crippen molar-refractivity contribution < 1.29 is 4.39 Å². The number of guanidine groups is 1. The Balaban J connectivity index is 0.00000225. The molecule has 136 valence electrons. The van der Waals surface area contributed by atoms with E-state index in [0.29, 0.717) is 5.69 Å². The van der Waals surface area contributed by atoms with E-state index in [2.05, 4.69) is 25.1 Å². The zero-order chi connectivity index (χ0) is 16.9. The van der Waals surface area contributed by atoms with E-state index in [1.807, 2.05) is 24.6 Å². The summed E-state index contributed by atoms with van der Waals surface area (Å²) in [7, 11) is 1.80. The van der Waals surface area contributed by atoms with Crippen LogP contribution in [0.3, 0.4) is 0 Å². The molecule has 0 bridgehead atoms. The van der Waals surface area contributed by atoms with Gasteiger partial charge in [0.05, 0.1) is 23.4 Å². The van der Waals surface area contributed by atoms with Crippen molar-refractivity contribution in [3.05, 3.63) is 46.2 Å². The number of aliphatic imine (C=N–C) groups is 1. The molecule has 0 amide bonds. The highest BCUT2D eigenvalue weighted by molar-refractivity contribution is 14.0. The Morgan fingerprint density at radius 2 is 2.00 bits per heavy atom. The van der Waals surface area contributed by atoms with Gasteiger partial charge in [0.2, 0.25) is 0 Å². The number of halogens is 2. The summed E-state index contributed by atoms with van der Waals surface area (Å²) in [6.07, 6.45) is 0. The standard InChI is InChI=1S/C17H22FN5S.HI/c1-13-16(24-12-21-13)11-20-17(19-2)23-9-7-22(8-10-23)15-6-4-3-5-14(15)18;/h3-6,12H,7-11H2,1-2H3,(H,19,20);1H. The smallest absolute Gasteiger partial charge is 0.194 e. The molecule has 1 aliphatic rings. The number of thiazole rings is 1. The van der Waals surface area contributed by atoms with E-state index in [4.69, 9.17) is 0 Å². The number of para-hydroxylation sites is 1. The molecule has 1 N–H and O–H groups in total. The summed E-state index contributed by atoms with van der Waals surface area (Å²) in [6, 6.07) is 6.95. The van der Waals surface area contributed by atoms with Crippen LogP contribution in [0.1, 0.15) is 10.6 Å². The van der Waals surface area contributed by atoms with Crippen LogP contribution in [0.5, 0.6) is 0 Å². The normalized spacial score (nSPS) is 15.1. The molecule has 25 heavy (non-hydrogen) atoms. The topological polar surface area (TPSA) is 43.8 Å². The molecule has 1 aliphatic heterocycles. The minimum atomic E-state index is -0.158. The first-order chi connectivity index (χ1) is 11.7. The second-order valence-electron chi connectivity index (χ2n) is 5.69. The maximum absolute atomic E-state index is 13.9. The van der Waals surface area contributed by atoms with Gasteiger partial charge in [0.15, 0.2) is 5.96 Å². The van der Waals surface area contributed by atoms with Crippen molar-refractivity contribution in [1.29, 1.82) is 0 Å². The number of nitrogens with one attached hydrogen (secondary N) is 1. The van der Waals surface area contributed by atoms with Crippen molar-refractivity contribution >= 4 is 47.0 Å². The first kappa shape index (κ1) is 19.9. The Morgan fingerprint density at radius 1 is 1.28 bits per heavy atom. The van der Waals surface area contributed by atoms with Crippen molar-refractivity contribution in [2.45, 2.75) is 13.5 Å². The third-order valence-corrected chi connectivity index (χ3v) is 5.17. The van der Waals surface area contributed by atoms with E-state index in [1.54, 1.807) is 24.5 Å². The van der Waals surface area contributed by atoms with Crippen molar-refractivity contribution in [2.24, 2.45) is 4.99 Å². The number of aryl methyl sites for hydroxylation is 1. The van der Waals surface area contributed by atoms with Gasteiger partial charge in [-0.3, -0.25) is 4.99 Å². The lowest BCUT2D eigenvalue weighted by atomic mass is 10.2. The van der Waals surface area contributed by atoms with Gasteiger partial charge < -0.3 is 15.1 Å². The van der Waals surface area contributed by atoms with E-state index >= 15 is 0 Å². The largest absolute Gasteiger partial charge is 0.366 e. The van der Waals surface area contributed by atoms with E-state index < -0.39 is 0 Å². The first-order valence-electron chi connectivity index (χ1n) is 8.03. The van der Waals surface area contributed by atoms with Gasteiger partial charge >= 0.3 is 0 Å². The number of hydrogen-bond donors (Lipinski definition) is 1. The van der Waals surface area contributed by atoms with Gasteiger partial charge in [-0.1, -0.05) is 12.1 Å². The first-order valence-corrected chi connectivity index (χ1v) is 8.91. The van der Waals surface area contributed by atoms with Crippen molar-refractivity contribution in [2.75, 3.05) is 38.1 Å². The molecule has 1 fully saturated rings. The summed E-state index contributed by atoms with van der Waals surface area (Å²) in [4.78, 5) is 14.2. The zero-order valence-electron chi connectivity index (χ0n) is 14.4. The third-order valence-electron chi connectivity index (χ3n) is 4.24. The van der Waals surface area contributed by atoms with Gasteiger partial charge in [0, 0.05) is 38.1 Å². The molecule has 0 radical (unpaired) electrons. The predicted octanol–water partition coefficient (Wildman–Crippen LogP) is 3.11. The lowest BCUT2D eigenvalue weighted by molar-refractivity contribution is 0.370. The average molecular weight is 475 g/mol. The predicted molar refractivity (Wildman–Crippen MR) is 113 cm³/mol. The highest BCUT2D eigenvalue weighted by Crippen LogP contribution is 2.20. The van der Waals surface area contributed by atoms with Crippen LogP contribution in [0.4, 0.5) is 10.1 Å². The van der Waals surface area contributed by atoms with Crippen LogP contribution in [0.25, 0.3) is 0 Å². The lowest BCUT2D eigenvalue weighted by Gasteiger charge is -2.37. The van der Waals surface area contributed by atoms with Crippen molar-refractivity contribution in [1.82, 2.24) is 15.2 Å². The molecule has 0 aliphatic carbocycles. The van der Waals surface area contributed by atoms with Gasteiger partial charge in [-0.25, -0.2) is 9.37 Å². The summed E-state index contributed by atoms with van der Waals surface area (Å²) in [6.45, 7) is 5.94. The van der Waals surface area contributed by atoms with Crippen LogP contribution in [0, 0.1) is 12.7 Å². The molecule has 2 heterocycles. The molecule has 1 saturated heterocycles. The number of hydrogen-bond acceptors (Lipinski definition) is 4. The molecule has 0 saturated carbocycles. The molecule has 1 aromatic heterocycles. The lowest BCUT2D eigenvalue weighted by Crippen LogP contribution is -2.52.